The Bertz CT molecular complexity index is 284. The molecular formula is C9H13NO3. The first-order chi connectivity index (χ1) is 5.93. The number of carboxylic acids is 1. The second-order valence-corrected chi connectivity index (χ2v) is 3.65. The summed E-state index contributed by atoms with van der Waals surface area (Å²) in [5.41, 5.74) is 5.55. The lowest BCUT2D eigenvalue weighted by Crippen LogP contribution is -2.43. The first kappa shape index (κ1) is 9.80. The molecule has 0 saturated carbocycles. The van der Waals surface area contributed by atoms with Gasteiger partial charge in [0.25, 0.3) is 0 Å². The molecule has 0 amide bonds. The maximum Gasteiger partial charge on any atom is 0.312 e. The summed E-state index contributed by atoms with van der Waals surface area (Å²) in [4.78, 5) is 10.9. The molecule has 0 fully saturated rings. The minimum absolute atomic E-state index is 0.597. The van der Waals surface area contributed by atoms with Crippen LogP contribution in [0.5, 0.6) is 0 Å². The molecule has 0 aliphatic heterocycles. The molecule has 1 heterocycles. The normalized spacial score (nSPS) is 14.1. The molecule has 0 radical (unpaired) electrons. The van der Waals surface area contributed by atoms with Gasteiger partial charge in [0, 0.05) is 11.1 Å². The summed E-state index contributed by atoms with van der Waals surface area (Å²) in [5.74, 6) is -1.67. The molecule has 1 unspecified atom stereocenters. The Balaban J connectivity index is 3.01. The third-order valence-electron chi connectivity index (χ3n) is 1.87. The van der Waals surface area contributed by atoms with Gasteiger partial charge in [0.2, 0.25) is 0 Å². The molecule has 1 aromatic rings. The van der Waals surface area contributed by atoms with Crippen LogP contribution in [0.3, 0.4) is 0 Å². The molecule has 0 saturated heterocycles. The summed E-state index contributed by atoms with van der Waals surface area (Å²) < 4.78 is 4.82. The molecular weight excluding hydrogens is 170 g/mol. The van der Waals surface area contributed by atoms with E-state index in [9.17, 15) is 4.79 Å². The molecule has 0 bridgehead atoms. The lowest BCUT2D eigenvalue weighted by molar-refractivity contribution is -0.140. The van der Waals surface area contributed by atoms with E-state index < -0.39 is 17.4 Å². The maximum absolute atomic E-state index is 10.9. The quantitative estimate of drug-likeness (QED) is 0.737. The SMILES string of the molecule is CC(C)(N)C(C(=O)O)c1ccoc1. The van der Waals surface area contributed by atoms with Crippen LogP contribution >= 0.6 is 0 Å². The Kier molecular flexibility index (Phi) is 2.43. The number of aliphatic carboxylic acids is 1. The van der Waals surface area contributed by atoms with Gasteiger partial charge in [0.1, 0.15) is 5.92 Å². The number of hydrogen-bond donors (Lipinski definition) is 2. The molecule has 0 spiro atoms. The topological polar surface area (TPSA) is 76.5 Å². The van der Waals surface area contributed by atoms with Crippen LogP contribution in [0.1, 0.15) is 25.3 Å². The summed E-state index contributed by atoms with van der Waals surface area (Å²) in [6, 6.07) is 1.62. The van der Waals surface area contributed by atoms with Crippen molar-refractivity contribution >= 4 is 5.97 Å². The fraction of sp³-hybridized carbons (Fsp3) is 0.444. The highest BCUT2D eigenvalue weighted by Gasteiger charge is 2.33. The van der Waals surface area contributed by atoms with E-state index in [0.717, 1.165) is 0 Å². The fourth-order valence-electron chi connectivity index (χ4n) is 1.33. The van der Waals surface area contributed by atoms with E-state index in [4.69, 9.17) is 15.3 Å². The van der Waals surface area contributed by atoms with Crippen molar-refractivity contribution in [3.63, 3.8) is 0 Å². The second kappa shape index (κ2) is 3.22. The molecule has 0 aliphatic carbocycles. The highest BCUT2D eigenvalue weighted by Crippen LogP contribution is 2.26. The van der Waals surface area contributed by atoms with Crippen LogP contribution in [0.2, 0.25) is 0 Å². The van der Waals surface area contributed by atoms with Gasteiger partial charge in [-0.1, -0.05) is 0 Å². The Morgan fingerprint density at radius 1 is 1.69 bits per heavy atom. The van der Waals surface area contributed by atoms with Crippen LogP contribution in [0.15, 0.2) is 23.0 Å². The molecule has 72 valence electrons. The van der Waals surface area contributed by atoms with Crippen LogP contribution in [0.4, 0.5) is 0 Å². The van der Waals surface area contributed by atoms with Gasteiger partial charge in [-0.15, -0.1) is 0 Å². The molecule has 4 nitrogen and oxygen atoms in total. The average molecular weight is 183 g/mol. The van der Waals surface area contributed by atoms with Crippen molar-refractivity contribution in [1.82, 2.24) is 0 Å². The summed E-state index contributed by atoms with van der Waals surface area (Å²) in [6.45, 7) is 3.36. The van der Waals surface area contributed by atoms with Crippen LogP contribution < -0.4 is 5.73 Å². The molecule has 1 atom stereocenters. The minimum atomic E-state index is -0.936. The predicted octanol–water partition coefficient (Wildman–Crippen LogP) is 1.19. The molecule has 13 heavy (non-hydrogen) atoms. The summed E-state index contributed by atoms with van der Waals surface area (Å²) in [5, 5.41) is 8.96. The first-order valence-corrected chi connectivity index (χ1v) is 3.96. The summed E-state index contributed by atoms with van der Waals surface area (Å²) in [6.07, 6.45) is 2.85. The van der Waals surface area contributed by atoms with E-state index in [2.05, 4.69) is 0 Å². The zero-order valence-electron chi connectivity index (χ0n) is 7.65. The average Bonchev–Trinajstić information content (AvgIpc) is 2.34. The van der Waals surface area contributed by atoms with E-state index in [0.29, 0.717) is 5.56 Å². The van der Waals surface area contributed by atoms with Gasteiger partial charge in [-0.3, -0.25) is 4.79 Å². The monoisotopic (exact) mass is 183 g/mol. The number of nitrogens with two attached hydrogens (primary N) is 1. The number of hydrogen-bond acceptors (Lipinski definition) is 3. The Morgan fingerprint density at radius 2 is 2.31 bits per heavy atom. The van der Waals surface area contributed by atoms with Gasteiger partial charge in [-0.05, 0) is 19.9 Å². The zero-order valence-corrected chi connectivity index (χ0v) is 7.65. The molecule has 0 aliphatic rings. The standard InChI is InChI=1S/C9H13NO3/c1-9(2,10)7(8(11)12)6-3-4-13-5-6/h3-5,7H,10H2,1-2H3,(H,11,12). The number of rotatable bonds is 3. The molecule has 1 rings (SSSR count). The van der Waals surface area contributed by atoms with E-state index in [1.165, 1.54) is 12.5 Å². The summed E-state index contributed by atoms with van der Waals surface area (Å²) >= 11 is 0. The van der Waals surface area contributed by atoms with Crippen LogP contribution in [0, 0.1) is 0 Å². The Morgan fingerprint density at radius 3 is 2.62 bits per heavy atom. The van der Waals surface area contributed by atoms with Crippen molar-refractivity contribution in [2.75, 3.05) is 0 Å². The van der Waals surface area contributed by atoms with Crippen molar-refractivity contribution in [1.29, 1.82) is 0 Å². The van der Waals surface area contributed by atoms with Crippen molar-refractivity contribution in [3.05, 3.63) is 24.2 Å². The van der Waals surface area contributed by atoms with E-state index in [1.54, 1.807) is 19.9 Å². The van der Waals surface area contributed by atoms with Gasteiger partial charge in [-0.25, -0.2) is 0 Å². The number of furan rings is 1. The predicted molar refractivity (Wildman–Crippen MR) is 47.4 cm³/mol. The van der Waals surface area contributed by atoms with Gasteiger partial charge in [0.05, 0.1) is 12.5 Å². The lowest BCUT2D eigenvalue weighted by Gasteiger charge is -2.25. The van der Waals surface area contributed by atoms with Gasteiger partial charge in [-0.2, -0.15) is 0 Å². The highest BCUT2D eigenvalue weighted by molar-refractivity contribution is 5.77. The third-order valence-corrected chi connectivity index (χ3v) is 1.87. The Labute approximate surface area is 76.3 Å². The number of carbonyl (C=O) groups is 1. The van der Waals surface area contributed by atoms with Gasteiger partial charge < -0.3 is 15.3 Å². The molecule has 0 aromatic carbocycles. The van der Waals surface area contributed by atoms with Gasteiger partial charge in [0.15, 0.2) is 0 Å². The first-order valence-electron chi connectivity index (χ1n) is 3.96. The molecule has 3 N–H and O–H groups in total. The third kappa shape index (κ3) is 2.09. The maximum atomic E-state index is 10.9. The van der Waals surface area contributed by atoms with Crippen molar-refractivity contribution in [3.8, 4) is 0 Å². The number of carboxylic acid groups (broad SMARTS) is 1. The fourth-order valence-corrected chi connectivity index (χ4v) is 1.33. The van der Waals surface area contributed by atoms with Crippen LogP contribution in [-0.2, 0) is 4.79 Å². The van der Waals surface area contributed by atoms with E-state index in [-0.39, 0.29) is 0 Å². The summed E-state index contributed by atoms with van der Waals surface area (Å²) in [7, 11) is 0. The molecule has 1 aromatic heterocycles. The highest BCUT2D eigenvalue weighted by atomic mass is 16.4. The van der Waals surface area contributed by atoms with Crippen LogP contribution in [-0.4, -0.2) is 16.6 Å². The largest absolute Gasteiger partial charge is 0.481 e. The molecule has 4 heteroatoms. The van der Waals surface area contributed by atoms with Crippen molar-refractivity contribution in [2.24, 2.45) is 5.73 Å². The zero-order chi connectivity index (χ0) is 10.1. The second-order valence-electron chi connectivity index (χ2n) is 3.65. The Hall–Kier alpha value is -1.29. The van der Waals surface area contributed by atoms with E-state index >= 15 is 0 Å². The van der Waals surface area contributed by atoms with Crippen molar-refractivity contribution in [2.45, 2.75) is 25.3 Å². The van der Waals surface area contributed by atoms with Gasteiger partial charge >= 0.3 is 5.97 Å². The van der Waals surface area contributed by atoms with E-state index in [1.807, 2.05) is 0 Å². The minimum Gasteiger partial charge on any atom is -0.481 e. The smallest absolute Gasteiger partial charge is 0.312 e. The van der Waals surface area contributed by atoms with Crippen LogP contribution in [0.25, 0.3) is 0 Å². The van der Waals surface area contributed by atoms with Crippen molar-refractivity contribution < 1.29 is 14.3 Å². The lowest BCUT2D eigenvalue weighted by atomic mass is 9.84.